The number of Topliss-reactive ketones (excluding diaryl/α,β-unsaturated/α-hetero) is 1. The Morgan fingerprint density at radius 2 is 1.90 bits per heavy atom. The molecular formula is C26H30O3. The standard InChI is InChI=1S/C26H30O3/c1-4-15-29-24-14-13-23(26(18-24)28-3)10-9-20-5-7-21(8-6-20)16-19(2)17-25(27)22-11-12-22/h5-8,13-14,18-19,22H,4,11-12,15-17H2,1-3H3. The summed E-state index contributed by atoms with van der Waals surface area (Å²) in [5, 5.41) is 0. The average molecular weight is 391 g/mol. The first-order valence-corrected chi connectivity index (χ1v) is 10.5. The second-order valence-electron chi connectivity index (χ2n) is 7.91. The van der Waals surface area contributed by atoms with Crippen LogP contribution in [0.25, 0.3) is 0 Å². The van der Waals surface area contributed by atoms with Gasteiger partial charge >= 0.3 is 0 Å². The average Bonchev–Trinajstić information content (AvgIpc) is 3.57. The first kappa shape index (κ1) is 21.0. The number of ether oxygens (including phenoxy) is 2. The van der Waals surface area contributed by atoms with Crippen molar-refractivity contribution in [3.63, 3.8) is 0 Å². The van der Waals surface area contributed by atoms with Crippen LogP contribution in [0.2, 0.25) is 0 Å². The van der Waals surface area contributed by atoms with Gasteiger partial charge in [-0.1, -0.05) is 37.8 Å². The minimum absolute atomic E-state index is 0.361. The monoisotopic (exact) mass is 390 g/mol. The first-order valence-electron chi connectivity index (χ1n) is 10.5. The maximum atomic E-state index is 12.0. The third-order valence-corrected chi connectivity index (χ3v) is 5.11. The molecule has 1 atom stereocenters. The van der Waals surface area contributed by atoms with Crippen LogP contribution in [-0.4, -0.2) is 19.5 Å². The highest BCUT2D eigenvalue weighted by molar-refractivity contribution is 5.83. The van der Waals surface area contributed by atoms with E-state index >= 15 is 0 Å². The van der Waals surface area contributed by atoms with Crippen molar-refractivity contribution < 1.29 is 14.3 Å². The molecule has 0 aromatic heterocycles. The number of carbonyl (C=O) groups is 1. The van der Waals surface area contributed by atoms with Gasteiger partial charge in [0.25, 0.3) is 0 Å². The minimum atomic E-state index is 0.361. The summed E-state index contributed by atoms with van der Waals surface area (Å²) in [6.45, 7) is 4.93. The predicted molar refractivity (Wildman–Crippen MR) is 116 cm³/mol. The summed E-state index contributed by atoms with van der Waals surface area (Å²) in [6, 6.07) is 14.1. The van der Waals surface area contributed by atoms with Gasteiger partial charge in [0, 0.05) is 24.0 Å². The molecule has 1 fully saturated rings. The molecule has 1 aliphatic rings. The van der Waals surface area contributed by atoms with Gasteiger partial charge in [0.05, 0.1) is 19.3 Å². The summed E-state index contributed by atoms with van der Waals surface area (Å²) in [5.74, 6) is 9.11. The van der Waals surface area contributed by atoms with Crippen LogP contribution in [0.1, 0.15) is 56.2 Å². The zero-order valence-electron chi connectivity index (χ0n) is 17.7. The van der Waals surface area contributed by atoms with Crippen molar-refractivity contribution in [1.29, 1.82) is 0 Å². The lowest BCUT2D eigenvalue weighted by Crippen LogP contribution is -2.09. The third kappa shape index (κ3) is 6.39. The maximum absolute atomic E-state index is 12.0. The highest BCUT2D eigenvalue weighted by Gasteiger charge is 2.29. The van der Waals surface area contributed by atoms with Gasteiger partial charge in [-0.15, -0.1) is 0 Å². The van der Waals surface area contributed by atoms with Crippen LogP contribution >= 0.6 is 0 Å². The SMILES string of the molecule is CCCOc1ccc(C#Cc2ccc(CC(C)CC(=O)C3CC3)cc2)c(OC)c1. The molecule has 0 amide bonds. The number of benzene rings is 2. The molecule has 1 aliphatic carbocycles. The smallest absolute Gasteiger partial charge is 0.138 e. The Morgan fingerprint density at radius 1 is 1.14 bits per heavy atom. The molecule has 2 aromatic rings. The van der Waals surface area contributed by atoms with Gasteiger partial charge in [0.1, 0.15) is 17.3 Å². The molecule has 3 nitrogen and oxygen atoms in total. The lowest BCUT2D eigenvalue weighted by Gasteiger charge is -2.10. The molecule has 0 N–H and O–H groups in total. The minimum Gasteiger partial charge on any atom is -0.495 e. The lowest BCUT2D eigenvalue weighted by atomic mass is 9.94. The van der Waals surface area contributed by atoms with Crippen molar-refractivity contribution in [2.24, 2.45) is 11.8 Å². The van der Waals surface area contributed by atoms with E-state index in [0.29, 0.717) is 30.6 Å². The molecule has 3 rings (SSSR count). The van der Waals surface area contributed by atoms with E-state index in [1.807, 2.05) is 30.3 Å². The summed E-state index contributed by atoms with van der Waals surface area (Å²) in [6.07, 6.45) is 4.79. The van der Waals surface area contributed by atoms with Crippen LogP contribution in [-0.2, 0) is 11.2 Å². The summed E-state index contributed by atoms with van der Waals surface area (Å²) < 4.78 is 11.1. The van der Waals surface area contributed by atoms with Crippen molar-refractivity contribution in [2.75, 3.05) is 13.7 Å². The Bertz CT molecular complexity index is 882. The number of carbonyl (C=O) groups excluding carboxylic acids is 1. The Hall–Kier alpha value is -2.73. The molecule has 0 aliphatic heterocycles. The Morgan fingerprint density at radius 3 is 2.55 bits per heavy atom. The second-order valence-corrected chi connectivity index (χ2v) is 7.91. The fraction of sp³-hybridized carbons (Fsp3) is 0.423. The molecule has 0 saturated heterocycles. The zero-order chi connectivity index (χ0) is 20.6. The van der Waals surface area contributed by atoms with E-state index in [4.69, 9.17) is 9.47 Å². The van der Waals surface area contributed by atoms with Crippen LogP contribution in [0.4, 0.5) is 0 Å². The predicted octanol–water partition coefficient (Wildman–Crippen LogP) is 5.43. The molecule has 2 aromatic carbocycles. The van der Waals surface area contributed by atoms with Crippen molar-refractivity contribution in [2.45, 2.75) is 46.0 Å². The Labute approximate surface area is 174 Å². The molecule has 1 unspecified atom stereocenters. The highest BCUT2D eigenvalue weighted by atomic mass is 16.5. The number of rotatable bonds is 9. The van der Waals surface area contributed by atoms with E-state index in [2.05, 4.69) is 37.8 Å². The van der Waals surface area contributed by atoms with Crippen LogP contribution in [0.3, 0.4) is 0 Å². The van der Waals surface area contributed by atoms with Gasteiger partial charge in [0.15, 0.2) is 0 Å². The molecule has 1 saturated carbocycles. The topological polar surface area (TPSA) is 35.5 Å². The molecule has 0 heterocycles. The highest BCUT2D eigenvalue weighted by Crippen LogP contribution is 2.32. The largest absolute Gasteiger partial charge is 0.495 e. The van der Waals surface area contributed by atoms with Crippen LogP contribution < -0.4 is 9.47 Å². The lowest BCUT2D eigenvalue weighted by molar-refractivity contribution is -0.121. The van der Waals surface area contributed by atoms with Gasteiger partial charge in [0.2, 0.25) is 0 Å². The molecule has 29 heavy (non-hydrogen) atoms. The number of hydrogen-bond acceptors (Lipinski definition) is 3. The molecule has 3 heteroatoms. The van der Waals surface area contributed by atoms with E-state index in [0.717, 1.165) is 48.3 Å². The molecule has 0 spiro atoms. The number of methoxy groups -OCH3 is 1. The van der Waals surface area contributed by atoms with E-state index in [1.165, 1.54) is 5.56 Å². The van der Waals surface area contributed by atoms with Crippen molar-refractivity contribution in [3.8, 4) is 23.3 Å². The van der Waals surface area contributed by atoms with Gasteiger partial charge < -0.3 is 9.47 Å². The summed E-state index contributed by atoms with van der Waals surface area (Å²) in [7, 11) is 1.65. The summed E-state index contributed by atoms with van der Waals surface area (Å²) in [5.41, 5.74) is 3.05. The molecule has 0 radical (unpaired) electrons. The molecule has 0 bridgehead atoms. The van der Waals surface area contributed by atoms with Crippen LogP contribution in [0.15, 0.2) is 42.5 Å². The molecular weight excluding hydrogens is 360 g/mol. The maximum Gasteiger partial charge on any atom is 0.138 e. The van der Waals surface area contributed by atoms with E-state index in [9.17, 15) is 4.79 Å². The quantitative estimate of drug-likeness (QED) is 0.536. The van der Waals surface area contributed by atoms with Crippen molar-refractivity contribution in [3.05, 3.63) is 59.2 Å². The van der Waals surface area contributed by atoms with Gasteiger partial charge in [-0.3, -0.25) is 4.79 Å². The number of ketones is 1. The van der Waals surface area contributed by atoms with E-state index in [1.54, 1.807) is 7.11 Å². The summed E-state index contributed by atoms with van der Waals surface area (Å²) >= 11 is 0. The fourth-order valence-corrected chi connectivity index (χ4v) is 3.34. The van der Waals surface area contributed by atoms with Gasteiger partial charge in [-0.05, 0) is 61.4 Å². The van der Waals surface area contributed by atoms with Gasteiger partial charge in [-0.25, -0.2) is 0 Å². The van der Waals surface area contributed by atoms with Crippen LogP contribution in [0.5, 0.6) is 11.5 Å². The van der Waals surface area contributed by atoms with Gasteiger partial charge in [-0.2, -0.15) is 0 Å². The Balaban J connectivity index is 1.61. The Kier molecular flexibility index (Phi) is 7.36. The first-order chi connectivity index (χ1) is 14.1. The normalized spacial score (nSPS) is 13.9. The second kappa shape index (κ2) is 10.2. The van der Waals surface area contributed by atoms with E-state index < -0.39 is 0 Å². The van der Waals surface area contributed by atoms with E-state index in [-0.39, 0.29) is 0 Å². The molecule has 152 valence electrons. The third-order valence-electron chi connectivity index (χ3n) is 5.11. The fourth-order valence-electron chi connectivity index (χ4n) is 3.34. The van der Waals surface area contributed by atoms with Crippen molar-refractivity contribution in [1.82, 2.24) is 0 Å². The zero-order valence-corrected chi connectivity index (χ0v) is 17.7. The van der Waals surface area contributed by atoms with Crippen LogP contribution in [0, 0.1) is 23.7 Å². The summed E-state index contributed by atoms with van der Waals surface area (Å²) in [4.78, 5) is 12.0. The van der Waals surface area contributed by atoms with Crippen molar-refractivity contribution >= 4 is 5.78 Å². The number of hydrogen-bond donors (Lipinski definition) is 0.